The zero-order valence-corrected chi connectivity index (χ0v) is 41.1. The molecule has 21 nitrogen and oxygen atoms in total. The van der Waals surface area contributed by atoms with Gasteiger partial charge < -0.3 is 72.1 Å². The zero-order chi connectivity index (χ0) is 50.1. The maximum Gasteiger partial charge on any atom is 0.222 e. The molecule has 68 heavy (non-hydrogen) atoms. The van der Waals surface area contributed by atoms with E-state index in [1.807, 2.05) is 6.92 Å². The van der Waals surface area contributed by atoms with E-state index < -0.39 is 11.6 Å². The summed E-state index contributed by atoms with van der Waals surface area (Å²) < 4.78 is 18.0. The van der Waals surface area contributed by atoms with E-state index >= 15 is 0 Å². The Kier molecular flexibility index (Phi) is 37.3. The Morgan fingerprint density at radius 1 is 0.515 bits per heavy atom. The van der Waals surface area contributed by atoms with E-state index in [2.05, 4.69) is 31.9 Å². The van der Waals surface area contributed by atoms with Gasteiger partial charge in [0.15, 0.2) is 0 Å². The van der Waals surface area contributed by atoms with Gasteiger partial charge in [-0.3, -0.25) is 33.6 Å². The number of ether oxygens (including phenoxy) is 3. The Labute approximate surface area is 404 Å². The Morgan fingerprint density at radius 3 is 1.28 bits per heavy atom. The number of hydrogen-bond donors (Lipinski definition) is 10. The summed E-state index contributed by atoms with van der Waals surface area (Å²) in [4.78, 5) is 89.3. The van der Waals surface area contributed by atoms with Crippen LogP contribution in [0.4, 0.5) is 0 Å². The average molecular weight is 973 g/mol. The minimum atomic E-state index is -1.25. The first-order valence-corrected chi connectivity index (χ1v) is 25.1. The molecule has 7 amide bonds. The number of β-amino-alcohol motifs (C(OH)–C–C–N with tert-alkyl or cyclic N) is 1. The number of likely N-dealkylation sites (tertiary alicyclic amines) is 1. The predicted molar refractivity (Wildman–Crippen MR) is 256 cm³/mol. The largest absolute Gasteiger partial charge is 0.396 e. The first kappa shape index (κ1) is 62.0. The number of amides is 7. The maximum atomic E-state index is 13.6. The quantitative estimate of drug-likeness (QED) is 0.0365. The third-order valence-corrected chi connectivity index (χ3v) is 11.2. The van der Waals surface area contributed by atoms with Crippen molar-refractivity contribution in [1.29, 1.82) is 0 Å². The molecule has 1 fully saturated rings. The van der Waals surface area contributed by atoms with Crippen LogP contribution in [0.15, 0.2) is 0 Å². The minimum Gasteiger partial charge on any atom is -0.396 e. The van der Waals surface area contributed by atoms with Crippen molar-refractivity contribution in [1.82, 2.24) is 36.8 Å². The first-order valence-electron chi connectivity index (χ1n) is 25.1. The van der Waals surface area contributed by atoms with Gasteiger partial charge in [-0.15, -0.1) is 0 Å². The molecule has 394 valence electrons. The standard InChI is InChI=1S/C47H88N8O13/c1-38-33-39(58)34-55(38)46(65)18-7-5-3-2-4-6-17-45(64)54-47(35-66-30-19-42(61)49-23-12-22-48,36-67-31-20-43(62)52-26-13-24-50-40(59)15-8-10-28-56)37-68-32-21-44(63)53-27-14-25-51-41(60)16-9-11-29-57/h38-39,56-58H,2-37,48H2,1H3,(H,49,61)(H,50,59)(H,51,60)(H,52,62)(H,53,63)(H,54,64)/t38-,39-/m1/s1. The third kappa shape index (κ3) is 33.5. The van der Waals surface area contributed by atoms with Crippen molar-refractivity contribution in [2.75, 3.05) is 98.7 Å². The van der Waals surface area contributed by atoms with Crippen LogP contribution in [-0.2, 0) is 47.8 Å². The van der Waals surface area contributed by atoms with Crippen LogP contribution >= 0.6 is 0 Å². The van der Waals surface area contributed by atoms with Crippen molar-refractivity contribution in [3.05, 3.63) is 0 Å². The van der Waals surface area contributed by atoms with Crippen LogP contribution in [0, 0.1) is 0 Å². The molecule has 1 aliphatic rings. The summed E-state index contributed by atoms with van der Waals surface area (Å²) in [6, 6.07) is 0.0551. The van der Waals surface area contributed by atoms with Gasteiger partial charge >= 0.3 is 0 Å². The summed E-state index contributed by atoms with van der Waals surface area (Å²) in [6.07, 6.45) is 10.4. The Morgan fingerprint density at radius 2 is 0.882 bits per heavy atom. The average Bonchev–Trinajstić information content (AvgIpc) is 3.66. The fourth-order valence-corrected chi connectivity index (χ4v) is 7.31. The lowest BCUT2D eigenvalue weighted by molar-refractivity contribution is -0.132. The summed E-state index contributed by atoms with van der Waals surface area (Å²) in [6.45, 7) is 4.52. The highest BCUT2D eigenvalue weighted by Crippen LogP contribution is 2.20. The predicted octanol–water partition coefficient (Wildman–Crippen LogP) is 0.199. The molecule has 0 aromatic carbocycles. The molecule has 1 heterocycles. The fraction of sp³-hybridized carbons (Fsp3) is 0.851. The molecule has 0 aliphatic carbocycles. The van der Waals surface area contributed by atoms with Crippen LogP contribution in [0.25, 0.3) is 0 Å². The van der Waals surface area contributed by atoms with Gasteiger partial charge in [0, 0.05) is 103 Å². The molecular weight excluding hydrogens is 885 g/mol. The number of nitrogens with two attached hydrogens (primary N) is 1. The molecule has 0 radical (unpaired) electrons. The molecule has 0 bridgehead atoms. The van der Waals surface area contributed by atoms with E-state index in [0.717, 1.165) is 32.1 Å². The Balaban J connectivity index is 2.82. The molecule has 0 saturated carbocycles. The molecule has 0 spiro atoms. The molecule has 0 aromatic heterocycles. The number of hydrogen-bond acceptors (Lipinski definition) is 14. The molecule has 21 heteroatoms. The molecule has 11 N–H and O–H groups in total. The number of aliphatic hydroxyl groups is 3. The molecule has 0 unspecified atom stereocenters. The van der Waals surface area contributed by atoms with Gasteiger partial charge in [0.05, 0.1) is 45.7 Å². The van der Waals surface area contributed by atoms with Crippen LogP contribution in [0.2, 0.25) is 0 Å². The van der Waals surface area contributed by atoms with Gasteiger partial charge in [-0.1, -0.05) is 25.7 Å². The number of aliphatic hydroxyl groups excluding tert-OH is 3. The third-order valence-electron chi connectivity index (χ3n) is 11.2. The number of carbonyl (C=O) groups excluding carboxylic acids is 7. The van der Waals surface area contributed by atoms with Gasteiger partial charge in [-0.2, -0.15) is 0 Å². The van der Waals surface area contributed by atoms with Crippen molar-refractivity contribution in [3.63, 3.8) is 0 Å². The van der Waals surface area contributed by atoms with E-state index in [1.165, 1.54) is 0 Å². The van der Waals surface area contributed by atoms with Gasteiger partial charge in [0.25, 0.3) is 0 Å². The summed E-state index contributed by atoms with van der Waals surface area (Å²) in [5, 5.41) is 44.7. The topological polar surface area (TPSA) is 309 Å². The van der Waals surface area contributed by atoms with E-state index in [0.29, 0.717) is 123 Å². The monoisotopic (exact) mass is 973 g/mol. The molecule has 0 aromatic rings. The van der Waals surface area contributed by atoms with Gasteiger partial charge in [0.1, 0.15) is 5.54 Å². The van der Waals surface area contributed by atoms with Crippen LogP contribution in [0.5, 0.6) is 0 Å². The number of rotatable bonds is 44. The smallest absolute Gasteiger partial charge is 0.222 e. The molecule has 1 saturated heterocycles. The van der Waals surface area contributed by atoms with E-state index in [-0.39, 0.29) is 126 Å². The number of nitrogens with zero attached hydrogens (tertiary/aromatic N) is 1. The second kappa shape index (κ2) is 40.9. The number of carbonyl (C=O) groups is 7. The van der Waals surface area contributed by atoms with Crippen molar-refractivity contribution in [2.24, 2.45) is 5.73 Å². The number of nitrogens with one attached hydrogen (secondary N) is 6. The molecule has 2 atom stereocenters. The van der Waals surface area contributed by atoms with Crippen LogP contribution < -0.4 is 37.6 Å². The van der Waals surface area contributed by atoms with Gasteiger partial charge in [0.2, 0.25) is 41.4 Å². The van der Waals surface area contributed by atoms with E-state index in [9.17, 15) is 38.7 Å². The highest BCUT2D eigenvalue weighted by atomic mass is 16.5. The van der Waals surface area contributed by atoms with E-state index in [1.54, 1.807) is 4.90 Å². The van der Waals surface area contributed by atoms with Gasteiger partial charge in [-0.05, 0) is 77.7 Å². The Hall–Kier alpha value is -3.99. The first-order chi connectivity index (χ1) is 32.8. The van der Waals surface area contributed by atoms with E-state index in [4.69, 9.17) is 30.2 Å². The summed E-state index contributed by atoms with van der Waals surface area (Å²) in [7, 11) is 0. The van der Waals surface area contributed by atoms with Crippen molar-refractivity contribution >= 4 is 41.4 Å². The van der Waals surface area contributed by atoms with Crippen molar-refractivity contribution in [3.8, 4) is 0 Å². The van der Waals surface area contributed by atoms with Crippen LogP contribution in [0.1, 0.15) is 142 Å². The van der Waals surface area contributed by atoms with Crippen LogP contribution in [0.3, 0.4) is 0 Å². The Bertz CT molecular complexity index is 1360. The molecule has 1 aliphatic heterocycles. The maximum absolute atomic E-state index is 13.6. The normalized spacial score (nSPS) is 14.6. The van der Waals surface area contributed by atoms with Gasteiger partial charge in [-0.25, -0.2) is 0 Å². The SMILES string of the molecule is C[C@@H]1C[C@@H](O)CN1C(=O)CCCCCCCCC(=O)NC(COCCC(=O)NCCCN)(COCCC(=O)NCCCNC(=O)CCCCO)COCCC(=O)NCCCNC(=O)CCCCO. The summed E-state index contributed by atoms with van der Waals surface area (Å²) in [5.41, 5.74) is 4.29. The van der Waals surface area contributed by atoms with Crippen LogP contribution in [-0.4, -0.2) is 178 Å². The molecule has 1 rings (SSSR count). The fourth-order valence-electron chi connectivity index (χ4n) is 7.31. The second-order valence-electron chi connectivity index (χ2n) is 17.6. The lowest BCUT2D eigenvalue weighted by Gasteiger charge is -2.34. The summed E-state index contributed by atoms with van der Waals surface area (Å²) in [5.74, 6) is -1.16. The van der Waals surface area contributed by atoms with Crippen molar-refractivity contribution in [2.45, 2.75) is 159 Å². The second-order valence-corrected chi connectivity index (χ2v) is 17.6. The lowest BCUT2D eigenvalue weighted by Crippen LogP contribution is -2.58. The minimum absolute atomic E-state index is 0.00469. The highest BCUT2D eigenvalue weighted by Gasteiger charge is 2.34. The zero-order valence-electron chi connectivity index (χ0n) is 41.1. The summed E-state index contributed by atoms with van der Waals surface area (Å²) >= 11 is 0. The molecular formula is C47H88N8O13. The lowest BCUT2D eigenvalue weighted by atomic mass is 10.0. The number of unbranched alkanes of at least 4 members (excludes halogenated alkanes) is 7. The van der Waals surface area contributed by atoms with Crippen molar-refractivity contribution < 1.29 is 63.1 Å². The highest BCUT2D eigenvalue weighted by molar-refractivity contribution is 5.78.